The molecule has 0 saturated heterocycles. The van der Waals surface area contributed by atoms with Gasteiger partial charge in [-0.3, -0.25) is 14.5 Å². The molecule has 0 radical (unpaired) electrons. The molecule has 0 fully saturated rings. The number of likely N-dealkylation sites (N-methyl/N-ethyl adjacent to an activating group) is 1. The van der Waals surface area contributed by atoms with Crippen molar-refractivity contribution in [1.29, 1.82) is 0 Å². The second-order valence-corrected chi connectivity index (χ2v) is 6.42. The van der Waals surface area contributed by atoms with Crippen LogP contribution in [0.4, 0.5) is 0 Å². The molecular weight excluding hydrogens is 322 g/mol. The lowest BCUT2D eigenvalue weighted by Crippen LogP contribution is -2.46. The highest BCUT2D eigenvalue weighted by Gasteiger charge is 2.37. The van der Waals surface area contributed by atoms with E-state index in [0.29, 0.717) is 38.2 Å². The van der Waals surface area contributed by atoms with E-state index in [1.54, 1.807) is 4.90 Å². The Bertz CT molecular complexity index is 731. The van der Waals surface area contributed by atoms with Crippen LogP contribution < -0.4 is 5.32 Å². The lowest BCUT2D eigenvalue weighted by Gasteiger charge is -2.25. The number of nitrogens with one attached hydrogen (secondary N) is 1. The average Bonchev–Trinajstić information content (AvgIpc) is 3.14. The molecule has 3 rings (SSSR count). The number of fused-ring (bicyclic) bond motifs is 2. The molecule has 0 spiro atoms. The zero-order valence-electron chi connectivity index (χ0n) is 14.2. The van der Waals surface area contributed by atoms with Crippen LogP contribution in [0, 0.1) is 0 Å². The van der Waals surface area contributed by atoms with Gasteiger partial charge in [0, 0.05) is 38.7 Å². The van der Waals surface area contributed by atoms with Crippen LogP contribution in [-0.4, -0.2) is 53.8 Å². The minimum absolute atomic E-state index is 0.175. The largest absolute Gasteiger partial charge is 0.357 e. The highest BCUT2D eigenvalue weighted by molar-refractivity contribution is 6.01. The number of hydrogen-bond donors (Lipinski definition) is 1. The maximum absolute atomic E-state index is 12.8. The van der Waals surface area contributed by atoms with Gasteiger partial charge in [0.2, 0.25) is 5.91 Å². The molecule has 1 unspecified atom stereocenters. The van der Waals surface area contributed by atoms with Gasteiger partial charge in [-0.15, -0.1) is 0 Å². The van der Waals surface area contributed by atoms with Gasteiger partial charge in [0.05, 0.1) is 6.54 Å². The van der Waals surface area contributed by atoms with Gasteiger partial charge in [0.1, 0.15) is 18.6 Å². The maximum Gasteiger partial charge on any atom is 0.255 e. The van der Waals surface area contributed by atoms with Gasteiger partial charge in [-0.2, -0.15) is 0 Å². The Kier molecular flexibility index (Phi) is 4.94. The summed E-state index contributed by atoms with van der Waals surface area (Å²) in [6.45, 7) is 2.09. The first-order valence-electron chi connectivity index (χ1n) is 8.36. The Hall–Kier alpha value is -2.54. The van der Waals surface area contributed by atoms with E-state index in [4.69, 9.17) is 0 Å². The van der Waals surface area contributed by atoms with E-state index >= 15 is 0 Å². The summed E-state index contributed by atoms with van der Waals surface area (Å²) < 4.78 is 0. The Labute approximate surface area is 146 Å². The fraction of sp³-hybridized carbons (Fsp3) is 0.444. The summed E-state index contributed by atoms with van der Waals surface area (Å²) in [5, 5.41) is 2.57. The van der Waals surface area contributed by atoms with Crippen LogP contribution in [0.3, 0.4) is 0 Å². The summed E-state index contributed by atoms with van der Waals surface area (Å²) in [7, 11) is 1.53. The lowest BCUT2D eigenvalue weighted by atomic mass is 10.0. The summed E-state index contributed by atoms with van der Waals surface area (Å²) in [6.07, 6.45) is 2.19. The summed E-state index contributed by atoms with van der Waals surface area (Å²) in [5.74, 6) is -0.432. The summed E-state index contributed by atoms with van der Waals surface area (Å²) in [4.78, 5) is 49.9. The number of aldehydes is 2. The van der Waals surface area contributed by atoms with Crippen molar-refractivity contribution in [3.05, 3.63) is 34.4 Å². The highest BCUT2D eigenvalue weighted by Crippen LogP contribution is 2.32. The second kappa shape index (κ2) is 7.14. The first-order chi connectivity index (χ1) is 12.1. The van der Waals surface area contributed by atoms with Gasteiger partial charge in [0.25, 0.3) is 5.91 Å². The number of carbonyl (C=O) groups excluding carboxylic acids is 4. The van der Waals surface area contributed by atoms with Crippen molar-refractivity contribution in [3.63, 3.8) is 0 Å². The Morgan fingerprint density at radius 3 is 2.52 bits per heavy atom. The molecule has 132 valence electrons. The predicted molar refractivity (Wildman–Crippen MR) is 89.6 cm³/mol. The molecular formula is C18H21N3O4. The van der Waals surface area contributed by atoms with E-state index in [0.717, 1.165) is 29.3 Å². The van der Waals surface area contributed by atoms with Gasteiger partial charge in [-0.25, -0.2) is 0 Å². The van der Waals surface area contributed by atoms with Crippen LogP contribution in [0.2, 0.25) is 0 Å². The van der Waals surface area contributed by atoms with Crippen molar-refractivity contribution < 1.29 is 19.2 Å². The maximum atomic E-state index is 12.8. The van der Waals surface area contributed by atoms with E-state index in [9.17, 15) is 19.2 Å². The van der Waals surface area contributed by atoms with E-state index in [1.807, 2.05) is 17.0 Å². The van der Waals surface area contributed by atoms with E-state index in [1.165, 1.54) is 7.05 Å². The highest BCUT2D eigenvalue weighted by atomic mass is 16.2. The third kappa shape index (κ3) is 3.19. The lowest BCUT2D eigenvalue weighted by molar-refractivity contribution is -0.125. The topological polar surface area (TPSA) is 86.8 Å². The molecule has 0 aliphatic carbocycles. The van der Waals surface area contributed by atoms with E-state index in [2.05, 4.69) is 5.32 Å². The number of hydrogen-bond acceptors (Lipinski definition) is 5. The van der Waals surface area contributed by atoms with Crippen LogP contribution in [-0.2, 0) is 34.0 Å². The molecule has 2 heterocycles. The predicted octanol–water partition coefficient (Wildman–Crippen LogP) is 0.251. The molecule has 2 amide bonds. The Morgan fingerprint density at radius 1 is 1.16 bits per heavy atom. The second-order valence-electron chi connectivity index (χ2n) is 6.42. The summed E-state index contributed by atoms with van der Waals surface area (Å²) in [5.41, 5.74) is 3.70. The van der Waals surface area contributed by atoms with Crippen molar-refractivity contribution in [2.75, 3.05) is 13.6 Å². The molecule has 2 aliphatic heterocycles. The van der Waals surface area contributed by atoms with Gasteiger partial charge in [-0.1, -0.05) is 6.07 Å². The molecule has 1 atom stereocenters. The number of nitrogens with zero attached hydrogens (tertiary/aromatic N) is 2. The van der Waals surface area contributed by atoms with Crippen LogP contribution in [0.5, 0.6) is 0 Å². The molecule has 7 heteroatoms. The zero-order chi connectivity index (χ0) is 18.0. The average molecular weight is 343 g/mol. The summed E-state index contributed by atoms with van der Waals surface area (Å²) in [6, 6.07) is 3.25. The van der Waals surface area contributed by atoms with Gasteiger partial charge < -0.3 is 19.8 Å². The molecule has 25 heavy (non-hydrogen) atoms. The molecule has 1 N–H and O–H groups in total. The molecule has 0 aromatic heterocycles. The SMILES string of the molecule is CNC(=O)C(CCC=O)N1Cc2cc3c(cc2C1=O)CN(CC=O)C3. The Balaban J connectivity index is 1.83. The first-order valence-corrected chi connectivity index (χ1v) is 8.36. The van der Waals surface area contributed by atoms with Crippen LogP contribution in [0.15, 0.2) is 12.1 Å². The molecule has 1 aromatic carbocycles. The fourth-order valence-corrected chi connectivity index (χ4v) is 3.62. The van der Waals surface area contributed by atoms with Gasteiger partial charge >= 0.3 is 0 Å². The minimum Gasteiger partial charge on any atom is -0.357 e. The van der Waals surface area contributed by atoms with E-state index < -0.39 is 6.04 Å². The van der Waals surface area contributed by atoms with E-state index in [-0.39, 0.29) is 18.2 Å². The van der Waals surface area contributed by atoms with Crippen molar-refractivity contribution in [3.8, 4) is 0 Å². The Morgan fingerprint density at radius 2 is 1.88 bits per heavy atom. The summed E-state index contributed by atoms with van der Waals surface area (Å²) >= 11 is 0. The fourth-order valence-electron chi connectivity index (χ4n) is 3.62. The standard InChI is InChI=1S/C18H21N3O4/c1-19-17(24)16(3-2-5-22)21-11-14-7-12-9-20(4-6-23)10-13(12)8-15(14)18(21)25/h5-8,16H,2-4,9-11H2,1H3,(H,19,24). The number of rotatable bonds is 7. The molecule has 1 aromatic rings. The third-order valence-electron chi connectivity index (χ3n) is 4.86. The third-order valence-corrected chi connectivity index (χ3v) is 4.86. The van der Waals surface area contributed by atoms with Crippen molar-refractivity contribution in [1.82, 2.24) is 15.1 Å². The van der Waals surface area contributed by atoms with Crippen LogP contribution in [0.1, 0.15) is 39.9 Å². The zero-order valence-corrected chi connectivity index (χ0v) is 14.2. The minimum atomic E-state index is -0.642. The number of benzene rings is 1. The smallest absolute Gasteiger partial charge is 0.255 e. The molecule has 0 bridgehead atoms. The normalized spacial score (nSPS) is 17.2. The molecule has 0 saturated carbocycles. The van der Waals surface area contributed by atoms with Crippen molar-refractivity contribution in [2.24, 2.45) is 0 Å². The monoisotopic (exact) mass is 343 g/mol. The van der Waals surface area contributed by atoms with Crippen molar-refractivity contribution in [2.45, 2.75) is 38.5 Å². The van der Waals surface area contributed by atoms with Crippen molar-refractivity contribution >= 4 is 24.4 Å². The number of amides is 2. The molecule has 7 nitrogen and oxygen atoms in total. The van der Waals surface area contributed by atoms with Crippen LogP contribution >= 0.6 is 0 Å². The molecule has 2 aliphatic rings. The van der Waals surface area contributed by atoms with Gasteiger partial charge in [0.15, 0.2) is 0 Å². The van der Waals surface area contributed by atoms with Gasteiger partial charge in [-0.05, 0) is 29.2 Å². The number of carbonyl (C=O) groups is 4. The quantitative estimate of drug-likeness (QED) is 0.717. The van der Waals surface area contributed by atoms with Crippen LogP contribution in [0.25, 0.3) is 0 Å². The first kappa shape index (κ1) is 17.3.